The molecule has 1 aliphatic rings. The predicted octanol–water partition coefficient (Wildman–Crippen LogP) is 2.16. The maximum Gasteiger partial charge on any atom is 0.451 e. The highest BCUT2D eigenvalue weighted by Crippen LogP contribution is 2.29. The molecule has 2 aromatic rings. The summed E-state index contributed by atoms with van der Waals surface area (Å²) in [5.74, 6) is -1.56. The summed E-state index contributed by atoms with van der Waals surface area (Å²) in [5, 5.41) is 6.72. The van der Waals surface area contributed by atoms with Gasteiger partial charge in [-0.3, -0.25) is 4.79 Å². The van der Waals surface area contributed by atoms with E-state index in [0.29, 0.717) is 6.42 Å². The van der Waals surface area contributed by atoms with Gasteiger partial charge in [0.1, 0.15) is 5.82 Å². The Labute approximate surface area is 158 Å². The number of rotatable bonds is 4. The zero-order chi connectivity index (χ0) is 18.9. The van der Waals surface area contributed by atoms with Gasteiger partial charge in [-0.05, 0) is 24.1 Å². The molecule has 6 nitrogen and oxygen atoms in total. The van der Waals surface area contributed by atoms with Crippen LogP contribution < -0.4 is 5.73 Å². The Morgan fingerprint density at radius 3 is 2.48 bits per heavy atom. The van der Waals surface area contributed by atoms with Crippen LogP contribution in [0.15, 0.2) is 24.3 Å². The molecule has 0 radical (unpaired) electrons. The second kappa shape index (κ2) is 8.22. The molecule has 0 saturated carbocycles. The van der Waals surface area contributed by atoms with E-state index in [-0.39, 0.29) is 56.0 Å². The average Bonchev–Trinajstić information content (AvgIpc) is 3.00. The van der Waals surface area contributed by atoms with Crippen molar-refractivity contribution in [3.8, 4) is 0 Å². The van der Waals surface area contributed by atoms with Crippen molar-refractivity contribution in [2.75, 3.05) is 6.54 Å². The van der Waals surface area contributed by atoms with Crippen LogP contribution in [-0.4, -0.2) is 38.2 Å². The first-order valence-corrected chi connectivity index (χ1v) is 8.01. The Morgan fingerprint density at radius 1 is 1.19 bits per heavy atom. The van der Waals surface area contributed by atoms with Gasteiger partial charge in [0.05, 0.1) is 6.54 Å². The van der Waals surface area contributed by atoms with E-state index in [1.807, 2.05) is 0 Å². The van der Waals surface area contributed by atoms with Gasteiger partial charge in [0.15, 0.2) is 5.82 Å². The van der Waals surface area contributed by atoms with E-state index in [9.17, 15) is 22.4 Å². The summed E-state index contributed by atoms with van der Waals surface area (Å²) in [7, 11) is 0. The number of halogens is 5. The molecule has 1 aliphatic heterocycles. The molecule has 11 heteroatoms. The molecule has 2 heterocycles. The number of hydrogen-bond acceptors (Lipinski definition) is 4. The molecule has 0 aliphatic carbocycles. The van der Waals surface area contributed by atoms with Crippen molar-refractivity contribution in [2.45, 2.75) is 38.1 Å². The summed E-state index contributed by atoms with van der Waals surface area (Å²) in [5.41, 5.74) is 6.79. The lowest BCUT2D eigenvalue weighted by molar-refractivity contribution is -0.148. The maximum absolute atomic E-state index is 12.9. The van der Waals surface area contributed by atoms with Gasteiger partial charge in [-0.25, -0.2) is 4.39 Å². The van der Waals surface area contributed by atoms with Crippen molar-refractivity contribution in [3.05, 3.63) is 47.3 Å². The number of carbonyl (C=O) groups is 1. The number of fused-ring (bicyclic) bond motifs is 1. The summed E-state index contributed by atoms with van der Waals surface area (Å²) in [6.45, 7) is 0.0809. The zero-order valence-corrected chi connectivity index (χ0v) is 14.9. The second-order valence-electron chi connectivity index (χ2n) is 6.20. The van der Waals surface area contributed by atoms with E-state index in [4.69, 9.17) is 5.73 Å². The molecule has 1 atom stereocenters. The smallest absolute Gasteiger partial charge is 0.333 e. The lowest BCUT2D eigenvalue weighted by Crippen LogP contribution is -2.42. The molecule has 0 bridgehead atoms. The standard InChI is InChI=1S/C16H17F4N5O.ClH/c17-11-3-1-10(2-4-11)7-12(21)8-14(26)24-5-6-25-13(9-24)22-23-15(25)16(18,19)20;/h1-4,12H,5-9,21H2;1H/t12-;/m1./s1. The van der Waals surface area contributed by atoms with Crippen molar-refractivity contribution in [1.29, 1.82) is 0 Å². The average molecular weight is 408 g/mol. The SMILES string of the molecule is Cl.N[C@@H](CC(=O)N1CCn2c(nnc2C(F)(F)F)C1)Cc1ccc(F)cc1. The van der Waals surface area contributed by atoms with E-state index in [2.05, 4.69) is 10.2 Å². The summed E-state index contributed by atoms with van der Waals surface area (Å²) < 4.78 is 52.4. The molecular formula is C16H18ClF4N5O. The van der Waals surface area contributed by atoms with Crippen molar-refractivity contribution in [1.82, 2.24) is 19.7 Å². The van der Waals surface area contributed by atoms with Gasteiger partial charge >= 0.3 is 6.18 Å². The van der Waals surface area contributed by atoms with Crippen molar-refractivity contribution >= 4 is 18.3 Å². The van der Waals surface area contributed by atoms with Gasteiger partial charge in [0.25, 0.3) is 0 Å². The first-order chi connectivity index (χ1) is 12.2. The van der Waals surface area contributed by atoms with Gasteiger partial charge in [-0.1, -0.05) is 12.1 Å². The number of amides is 1. The normalized spacial score (nSPS) is 15.1. The maximum atomic E-state index is 12.9. The molecule has 3 rings (SSSR count). The van der Waals surface area contributed by atoms with E-state index < -0.39 is 18.0 Å². The molecule has 0 saturated heterocycles. The molecule has 0 fully saturated rings. The predicted molar refractivity (Wildman–Crippen MR) is 90.4 cm³/mol. The minimum Gasteiger partial charge on any atom is -0.333 e. The fraction of sp³-hybridized carbons (Fsp3) is 0.438. The van der Waals surface area contributed by atoms with Gasteiger partial charge in [-0.15, -0.1) is 22.6 Å². The lowest BCUT2D eigenvalue weighted by Gasteiger charge is -2.29. The first-order valence-electron chi connectivity index (χ1n) is 8.01. The van der Waals surface area contributed by atoms with Gasteiger partial charge < -0.3 is 15.2 Å². The van der Waals surface area contributed by atoms with Crippen LogP contribution in [0.25, 0.3) is 0 Å². The quantitative estimate of drug-likeness (QED) is 0.788. The third-order valence-corrected chi connectivity index (χ3v) is 4.21. The number of benzene rings is 1. The number of hydrogen-bond donors (Lipinski definition) is 1. The fourth-order valence-electron chi connectivity index (χ4n) is 2.93. The van der Waals surface area contributed by atoms with Crippen LogP contribution in [0.3, 0.4) is 0 Å². The van der Waals surface area contributed by atoms with Crippen molar-refractivity contribution in [3.63, 3.8) is 0 Å². The Bertz CT molecular complexity index is 793. The number of alkyl halides is 3. The zero-order valence-electron chi connectivity index (χ0n) is 14.1. The molecule has 2 N–H and O–H groups in total. The highest BCUT2D eigenvalue weighted by molar-refractivity contribution is 5.85. The lowest BCUT2D eigenvalue weighted by atomic mass is 10.0. The molecule has 1 amide bonds. The van der Waals surface area contributed by atoms with E-state index in [1.54, 1.807) is 12.1 Å². The van der Waals surface area contributed by atoms with Gasteiger partial charge in [0.2, 0.25) is 11.7 Å². The molecular weight excluding hydrogens is 390 g/mol. The molecule has 27 heavy (non-hydrogen) atoms. The molecule has 1 aromatic carbocycles. The third-order valence-electron chi connectivity index (χ3n) is 4.21. The van der Waals surface area contributed by atoms with Crippen molar-refractivity contribution in [2.24, 2.45) is 5.73 Å². The summed E-state index contributed by atoms with van der Waals surface area (Å²) in [4.78, 5) is 13.8. The summed E-state index contributed by atoms with van der Waals surface area (Å²) in [6.07, 6.45) is -4.14. The number of carbonyl (C=O) groups excluding carboxylic acids is 1. The number of nitrogens with zero attached hydrogens (tertiary/aromatic N) is 4. The highest BCUT2D eigenvalue weighted by Gasteiger charge is 2.39. The van der Waals surface area contributed by atoms with Gasteiger partial charge in [-0.2, -0.15) is 13.2 Å². The van der Waals surface area contributed by atoms with E-state index in [0.717, 1.165) is 10.1 Å². The Kier molecular flexibility index (Phi) is 6.42. The van der Waals surface area contributed by atoms with Crippen LogP contribution in [0.2, 0.25) is 0 Å². The fourth-order valence-corrected chi connectivity index (χ4v) is 2.93. The van der Waals surface area contributed by atoms with Crippen LogP contribution in [0.5, 0.6) is 0 Å². The number of nitrogens with two attached hydrogens (primary N) is 1. The molecule has 0 unspecified atom stereocenters. The van der Waals surface area contributed by atoms with Crippen LogP contribution in [0.1, 0.15) is 23.6 Å². The van der Waals surface area contributed by atoms with E-state index >= 15 is 0 Å². The van der Waals surface area contributed by atoms with Crippen molar-refractivity contribution < 1.29 is 22.4 Å². The molecule has 148 valence electrons. The Morgan fingerprint density at radius 2 is 1.85 bits per heavy atom. The van der Waals surface area contributed by atoms with Gasteiger partial charge in [0, 0.05) is 25.6 Å². The summed E-state index contributed by atoms with van der Waals surface area (Å²) in [6, 6.07) is 5.36. The topological polar surface area (TPSA) is 77.0 Å². The Hall–Kier alpha value is -2.20. The monoisotopic (exact) mass is 407 g/mol. The van der Waals surface area contributed by atoms with E-state index in [1.165, 1.54) is 17.0 Å². The van der Waals surface area contributed by atoms with Crippen LogP contribution in [-0.2, 0) is 30.5 Å². The van der Waals surface area contributed by atoms with Crippen LogP contribution in [0.4, 0.5) is 17.6 Å². The molecule has 0 spiro atoms. The minimum absolute atomic E-state index is 0. The molecule has 1 aromatic heterocycles. The third kappa shape index (κ3) is 4.95. The highest BCUT2D eigenvalue weighted by atomic mass is 35.5. The Balaban J connectivity index is 0.00000261. The first kappa shape index (κ1) is 21.1. The minimum atomic E-state index is -4.57. The second-order valence-corrected chi connectivity index (χ2v) is 6.20. The largest absolute Gasteiger partial charge is 0.451 e. The van der Waals surface area contributed by atoms with Crippen LogP contribution in [0, 0.1) is 5.82 Å². The number of aromatic nitrogens is 3. The van der Waals surface area contributed by atoms with Crippen LogP contribution >= 0.6 is 12.4 Å². The summed E-state index contributed by atoms with van der Waals surface area (Å²) >= 11 is 0.